The van der Waals surface area contributed by atoms with Crippen LogP contribution in [0.4, 0.5) is 4.79 Å². The van der Waals surface area contributed by atoms with Gasteiger partial charge in [-0.05, 0) is 51.7 Å². The number of hydrogen-bond donors (Lipinski definition) is 0. The Hall–Kier alpha value is -2.08. The highest BCUT2D eigenvalue weighted by Gasteiger charge is 2.12. The van der Waals surface area contributed by atoms with E-state index in [1.807, 2.05) is 14.1 Å². The van der Waals surface area contributed by atoms with Crippen LogP contribution in [-0.2, 0) is 9.53 Å². The number of esters is 1. The summed E-state index contributed by atoms with van der Waals surface area (Å²) in [5, 5.41) is 0. The minimum absolute atomic E-state index is 0.327. The Bertz CT molecular complexity index is 514. The molecule has 0 spiro atoms. The van der Waals surface area contributed by atoms with Crippen molar-refractivity contribution in [1.29, 1.82) is 0 Å². The van der Waals surface area contributed by atoms with Gasteiger partial charge >= 0.3 is 12.1 Å². The fraction of sp³-hybridized carbons (Fsp3) is 0.529. The zero-order valence-electron chi connectivity index (χ0n) is 14.5. The van der Waals surface area contributed by atoms with Gasteiger partial charge in [0.25, 0.3) is 0 Å². The number of nitrogens with zero attached hydrogens (tertiary/aromatic N) is 2. The van der Waals surface area contributed by atoms with Crippen LogP contribution in [0.2, 0.25) is 0 Å². The van der Waals surface area contributed by atoms with Crippen LogP contribution < -0.4 is 4.74 Å². The molecular formula is C17H26N2O4. The average molecular weight is 322 g/mol. The molecule has 0 saturated heterocycles. The molecule has 1 aromatic rings. The lowest BCUT2D eigenvalue weighted by molar-refractivity contribution is -0.145. The topological polar surface area (TPSA) is 59.1 Å². The highest BCUT2D eigenvalue weighted by atomic mass is 16.6. The van der Waals surface area contributed by atoms with Crippen LogP contribution in [0.5, 0.6) is 5.75 Å². The molecule has 6 heteroatoms. The number of hydrogen-bond acceptors (Lipinski definition) is 5. The molecule has 6 nitrogen and oxygen atoms in total. The van der Waals surface area contributed by atoms with Gasteiger partial charge < -0.3 is 19.3 Å². The molecule has 1 amide bonds. The van der Waals surface area contributed by atoms with Gasteiger partial charge in [0.2, 0.25) is 0 Å². The predicted molar refractivity (Wildman–Crippen MR) is 88.4 cm³/mol. The summed E-state index contributed by atoms with van der Waals surface area (Å²) in [6.07, 6.45) is 0.174. The van der Waals surface area contributed by atoms with Gasteiger partial charge in [0.1, 0.15) is 11.9 Å². The molecule has 0 N–H and O–H groups in total. The fourth-order valence-corrected chi connectivity index (χ4v) is 2.02. The lowest BCUT2D eigenvalue weighted by Gasteiger charge is -2.18. The summed E-state index contributed by atoms with van der Waals surface area (Å²) in [6.45, 7) is 4.72. The molecule has 0 aliphatic rings. The summed E-state index contributed by atoms with van der Waals surface area (Å²) in [5.41, 5.74) is 0.847. The Morgan fingerprint density at radius 2 is 1.70 bits per heavy atom. The molecule has 1 unspecified atom stereocenters. The van der Waals surface area contributed by atoms with E-state index in [0.717, 1.165) is 18.5 Å². The van der Waals surface area contributed by atoms with E-state index >= 15 is 0 Å². The summed E-state index contributed by atoms with van der Waals surface area (Å²) in [7, 11) is 5.71. The normalized spacial score (nSPS) is 11.9. The van der Waals surface area contributed by atoms with E-state index in [2.05, 4.69) is 4.90 Å². The van der Waals surface area contributed by atoms with E-state index < -0.39 is 0 Å². The molecule has 23 heavy (non-hydrogen) atoms. The van der Waals surface area contributed by atoms with Crippen molar-refractivity contribution in [2.24, 2.45) is 0 Å². The summed E-state index contributed by atoms with van der Waals surface area (Å²) in [5.74, 6) is 0.139. The zero-order valence-corrected chi connectivity index (χ0v) is 14.5. The molecule has 0 saturated carbocycles. The van der Waals surface area contributed by atoms with Crippen LogP contribution in [0.1, 0.15) is 31.9 Å². The third-order valence-electron chi connectivity index (χ3n) is 3.31. The molecular weight excluding hydrogens is 296 g/mol. The van der Waals surface area contributed by atoms with Crippen molar-refractivity contribution in [3.8, 4) is 5.75 Å². The molecule has 1 atom stereocenters. The minimum Gasteiger partial charge on any atom is -0.458 e. The molecule has 1 rings (SSSR count). The molecule has 0 aliphatic heterocycles. The summed E-state index contributed by atoms with van der Waals surface area (Å²) >= 11 is 0. The van der Waals surface area contributed by atoms with Gasteiger partial charge in [0, 0.05) is 20.5 Å². The third kappa shape index (κ3) is 7.15. The van der Waals surface area contributed by atoms with Gasteiger partial charge in [0.05, 0.1) is 0 Å². The second-order valence-electron chi connectivity index (χ2n) is 5.77. The van der Waals surface area contributed by atoms with Gasteiger partial charge in [-0.1, -0.05) is 12.1 Å². The smallest absolute Gasteiger partial charge is 0.414 e. The lowest BCUT2D eigenvalue weighted by atomic mass is 10.1. The highest BCUT2D eigenvalue weighted by Crippen LogP contribution is 2.20. The van der Waals surface area contributed by atoms with Crippen molar-refractivity contribution in [2.75, 3.05) is 34.2 Å². The van der Waals surface area contributed by atoms with Crippen LogP contribution >= 0.6 is 0 Å². The van der Waals surface area contributed by atoms with Gasteiger partial charge in [-0.15, -0.1) is 0 Å². The molecule has 0 aromatic heterocycles. The number of carbonyl (C=O) groups excluding carboxylic acids is 2. The maximum atomic E-state index is 12.0. The van der Waals surface area contributed by atoms with E-state index in [1.165, 1.54) is 6.92 Å². The van der Waals surface area contributed by atoms with Crippen molar-refractivity contribution in [2.45, 2.75) is 26.4 Å². The van der Waals surface area contributed by atoms with Crippen LogP contribution in [0.15, 0.2) is 24.3 Å². The monoisotopic (exact) mass is 322 g/mol. The lowest BCUT2D eigenvalue weighted by Crippen LogP contribution is -2.32. The quantitative estimate of drug-likeness (QED) is 0.722. The number of rotatable bonds is 7. The van der Waals surface area contributed by atoms with Crippen molar-refractivity contribution >= 4 is 12.1 Å². The van der Waals surface area contributed by atoms with E-state index in [9.17, 15) is 9.59 Å². The van der Waals surface area contributed by atoms with E-state index in [0.29, 0.717) is 12.3 Å². The summed E-state index contributed by atoms with van der Waals surface area (Å²) in [4.78, 5) is 26.5. The second kappa shape index (κ2) is 9.15. The summed E-state index contributed by atoms with van der Waals surface area (Å²) in [6, 6.07) is 6.95. The SMILES string of the molecule is CC(=O)OC(C)c1ccc(OC(=O)N(C)CCCN(C)C)cc1. The first-order chi connectivity index (χ1) is 10.8. The fourth-order valence-electron chi connectivity index (χ4n) is 2.02. The molecule has 128 valence electrons. The first kappa shape index (κ1) is 19.0. The number of ether oxygens (including phenoxy) is 2. The van der Waals surface area contributed by atoms with Gasteiger partial charge in [-0.2, -0.15) is 0 Å². The Morgan fingerprint density at radius 3 is 2.22 bits per heavy atom. The van der Waals surface area contributed by atoms with Crippen LogP contribution in [0.25, 0.3) is 0 Å². The van der Waals surface area contributed by atoms with E-state index in [4.69, 9.17) is 9.47 Å². The number of carbonyl (C=O) groups is 2. The van der Waals surface area contributed by atoms with Crippen molar-refractivity contribution in [3.63, 3.8) is 0 Å². The predicted octanol–water partition coefficient (Wildman–Crippen LogP) is 2.69. The first-order valence-electron chi connectivity index (χ1n) is 7.64. The molecule has 0 fully saturated rings. The Kier molecular flexibility index (Phi) is 7.54. The molecule has 0 heterocycles. The van der Waals surface area contributed by atoms with Crippen molar-refractivity contribution in [1.82, 2.24) is 9.80 Å². The maximum Gasteiger partial charge on any atom is 0.414 e. The number of amides is 1. The van der Waals surface area contributed by atoms with Crippen LogP contribution in [0.3, 0.4) is 0 Å². The molecule has 0 aliphatic carbocycles. The Labute approximate surface area is 138 Å². The second-order valence-corrected chi connectivity index (χ2v) is 5.77. The van der Waals surface area contributed by atoms with Crippen molar-refractivity contribution in [3.05, 3.63) is 29.8 Å². The highest BCUT2D eigenvalue weighted by molar-refractivity contribution is 5.70. The summed E-state index contributed by atoms with van der Waals surface area (Å²) < 4.78 is 10.4. The van der Waals surface area contributed by atoms with Gasteiger partial charge in [0.15, 0.2) is 0 Å². The zero-order chi connectivity index (χ0) is 17.4. The average Bonchev–Trinajstić information content (AvgIpc) is 2.46. The maximum absolute atomic E-state index is 12.0. The third-order valence-corrected chi connectivity index (χ3v) is 3.31. The molecule has 0 radical (unpaired) electrons. The van der Waals surface area contributed by atoms with Crippen molar-refractivity contribution < 1.29 is 19.1 Å². The van der Waals surface area contributed by atoms with E-state index in [-0.39, 0.29) is 18.2 Å². The first-order valence-corrected chi connectivity index (χ1v) is 7.64. The minimum atomic E-state index is -0.385. The molecule has 1 aromatic carbocycles. The van der Waals surface area contributed by atoms with E-state index in [1.54, 1.807) is 43.1 Å². The molecule has 0 bridgehead atoms. The standard InChI is InChI=1S/C17H26N2O4/c1-13(22-14(2)20)15-7-9-16(10-8-15)23-17(21)19(5)12-6-11-18(3)4/h7-10,13H,6,11-12H2,1-5H3. The van der Waals surface area contributed by atoms with Gasteiger partial charge in [-0.3, -0.25) is 4.79 Å². The van der Waals surface area contributed by atoms with Crippen LogP contribution in [-0.4, -0.2) is 56.1 Å². The number of benzene rings is 1. The Morgan fingerprint density at radius 1 is 1.09 bits per heavy atom. The largest absolute Gasteiger partial charge is 0.458 e. The van der Waals surface area contributed by atoms with Gasteiger partial charge in [-0.25, -0.2) is 4.79 Å². The van der Waals surface area contributed by atoms with Crippen LogP contribution in [0, 0.1) is 0 Å². The Balaban J connectivity index is 2.50.